The molecule has 0 unspecified atom stereocenters. The molecule has 1 aromatic heterocycles. The Balaban J connectivity index is 1.49. The van der Waals surface area contributed by atoms with Crippen molar-refractivity contribution in [2.24, 2.45) is 0 Å². The predicted octanol–water partition coefficient (Wildman–Crippen LogP) is 3.85. The molecule has 0 saturated carbocycles. The van der Waals surface area contributed by atoms with Crippen LogP contribution in [0.3, 0.4) is 0 Å². The number of hydrogen-bond acceptors (Lipinski definition) is 6. The molecule has 0 radical (unpaired) electrons. The standard InChI is InChI=1S/C21H20N4O3S/c1-14-5-7-16(8-6-14)25-29(27,28)17-11-9-15(10-12-17)23-21-22-13-18-19(24-21)3-2-4-20(18)26/h5-13,25H,2-4H2,1H3,(H,22,23,24). The molecule has 1 aliphatic rings. The van der Waals surface area contributed by atoms with E-state index in [-0.39, 0.29) is 10.7 Å². The minimum Gasteiger partial charge on any atom is -0.324 e. The van der Waals surface area contributed by atoms with Gasteiger partial charge in [-0.05, 0) is 56.2 Å². The van der Waals surface area contributed by atoms with Crippen molar-refractivity contribution in [3.8, 4) is 0 Å². The molecular formula is C21H20N4O3S. The van der Waals surface area contributed by atoms with Crippen molar-refractivity contribution in [1.82, 2.24) is 9.97 Å². The smallest absolute Gasteiger partial charge is 0.261 e. The normalized spacial score (nSPS) is 13.6. The number of nitrogens with one attached hydrogen (secondary N) is 2. The van der Waals surface area contributed by atoms with Gasteiger partial charge in [-0.25, -0.2) is 18.4 Å². The molecule has 0 atom stereocenters. The molecule has 2 aromatic carbocycles. The number of sulfonamides is 1. The van der Waals surface area contributed by atoms with E-state index >= 15 is 0 Å². The minimum atomic E-state index is -3.68. The Labute approximate surface area is 169 Å². The first kappa shape index (κ1) is 19.1. The summed E-state index contributed by atoms with van der Waals surface area (Å²) in [7, 11) is -3.68. The van der Waals surface area contributed by atoms with Gasteiger partial charge in [-0.2, -0.15) is 0 Å². The molecule has 148 valence electrons. The van der Waals surface area contributed by atoms with E-state index in [9.17, 15) is 13.2 Å². The van der Waals surface area contributed by atoms with Crippen LogP contribution in [0.5, 0.6) is 0 Å². The zero-order chi connectivity index (χ0) is 20.4. The van der Waals surface area contributed by atoms with Gasteiger partial charge in [0.05, 0.1) is 16.2 Å². The van der Waals surface area contributed by atoms with Crippen LogP contribution in [-0.4, -0.2) is 24.2 Å². The van der Waals surface area contributed by atoms with E-state index < -0.39 is 10.0 Å². The first-order valence-electron chi connectivity index (χ1n) is 9.26. The molecule has 0 bridgehead atoms. The van der Waals surface area contributed by atoms with Gasteiger partial charge >= 0.3 is 0 Å². The molecule has 1 heterocycles. The zero-order valence-electron chi connectivity index (χ0n) is 15.8. The Morgan fingerprint density at radius 1 is 0.931 bits per heavy atom. The number of hydrogen-bond donors (Lipinski definition) is 2. The number of carbonyl (C=O) groups excluding carboxylic acids is 1. The molecule has 0 spiro atoms. The molecule has 3 aromatic rings. The topological polar surface area (TPSA) is 101 Å². The summed E-state index contributed by atoms with van der Waals surface area (Å²) in [6.07, 6.45) is 3.63. The fraction of sp³-hybridized carbons (Fsp3) is 0.190. The highest BCUT2D eigenvalue weighted by Crippen LogP contribution is 2.23. The van der Waals surface area contributed by atoms with Crippen molar-refractivity contribution in [3.63, 3.8) is 0 Å². The highest BCUT2D eigenvalue weighted by Gasteiger charge is 2.19. The molecule has 0 aliphatic heterocycles. The third-order valence-electron chi connectivity index (χ3n) is 4.71. The van der Waals surface area contributed by atoms with Crippen molar-refractivity contribution in [2.75, 3.05) is 10.0 Å². The van der Waals surface area contributed by atoms with Crippen LogP contribution >= 0.6 is 0 Å². The highest BCUT2D eigenvalue weighted by molar-refractivity contribution is 7.92. The summed E-state index contributed by atoms with van der Waals surface area (Å²) in [6, 6.07) is 13.5. The summed E-state index contributed by atoms with van der Waals surface area (Å²) in [5.74, 6) is 0.459. The Morgan fingerprint density at radius 3 is 2.34 bits per heavy atom. The Bertz CT molecular complexity index is 1160. The van der Waals surface area contributed by atoms with Crippen LogP contribution in [-0.2, 0) is 16.4 Å². The van der Waals surface area contributed by atoms with Crippen molar-refractivity contribution < 1.29 is 13.2 Å². The SMILES string of the molecule is Cc1ccc(NS(=O)(=O)c2ccc(Nc3ncc4c(n3)CCCC4=O)cc2)cc1. The molecule has 29 heavy (non-hydrogen) atoms. The molecule has 0 saturated heterocycles. The first-order chi connectivity index (χ1) is 13.9. The number of aromatic nitrogens is 2. The Morgan fingerprint density at radius 2 is 1.62 bits per heavy atom. The summed E-state index contributed by atoms with van der Waals surface area (Å²) >= 11 is 0. The van der Waals surface area contributed by atoms with Gasteiger partial charge in [0, 0.05) is 24.0 Å². The van der Waals surface area contributed by atoms with E-state index in [0.29, 0.717) is 29.3 Å². The van der Waals surface area contributed by atoms with Gasteiger partial charge in [0.2, 0.25) is 5.95 Å². The second kappa shape index (κ2) is 7.63. The predicted molar refractivity (Wildman–Crippen MR) is 111 cm³/mol. The van der Waals surface area contributed by atoms with Gasteiger partial charge in [-0.15, -0.1) is 0 Å². The van der Waals surface area contributed by atoms with Gasteiger partial charge in [-0.1, -0.05) is 17.7 Å². The van der Waals surface area contributed by atoms with E-state index in [1.165, 1.54) is 12.1 Å². The highest BCUT2D eigenvalue weighted by atomic mass is 32.2. The van der Waals surface area contributed by atoms with Crippen molar-refractivity contribution in [3.05, 3.63) is 71.5 Å². The summed E-state index contributed by atoms with van der Waals surface area (Å²) < 4.78 is 27.7. The van der Waals surface area contributed by atoms with Crippen LogP contribution < -0.4 is 10.0 Å². The molecule has 7 nitrogen and oxygen atoms in total. The minimum absolute atomic E-state index is 0.0773. The van der Waals surface area contributed by atoms with Crippen LogP contribution in [0.2, 0.25) is 0 Å². The Kier molecular flexibility index (Phi) is 5.02. The van der Waals surface area contributed by atoms with Crippen molar-refractivity contribution in [2.45, 2.75) is 31.1 Å². The van der Waals surface area contributed by atoms with E-state index in [1.807, 2.05) is 19.1 Å². The Hall–Kier alpha value is -3.26. The monoisotopic (exact) mass is 408 g/mol. The van der Waals surface area contributed by atoms with Gasteiger partial charge in [0.1, 0.15) is 0 Å². The van der Waals surface area contributed by atoms with E-state index in [4.69, 9.17) is 0 Å². The van der Waals surface area contributed by atoms with Crippen LogP contribution in [0.15, 0.2) is 59.6 Å². The number of fused-ring (bicyclic) bond motifs is 1. The molecular weight excluding hydrogens is 388 g/mol. The van der Waals surface area contributed by atoms with E-state index in [1.54, 1.807) is 30.5 Å². The molecule has 0 fully saturated rings. The molecule has 2 N–H and O–H groups in total. The number of nitrogens with zero attached hydrogens (tertiary/aromatic N) is 2. The number of benzene rings is 2. The maximum Gasteiger partial charge on any atom is 0.261 e. The molecule has 1 aliphatic carbocycles. The zero-order valence-corrected chi connectivity index (χ0v) is 16.7. The van der Waals surface area contributed by atoms with Crippen LogP contribution in [0.25, 0.3) is 0 Å². The van der Waals surface area contributed by atoms with Crippen LogP contribution in [0, 0.1) is 6.92 Å². The lowest BCUT2D eigenvalue weighted by molar-refractivity contribution is 0.0971. The number of aryl methyl sites for hydroxylation is 2. The second-order valence-corrected chi connectivity index (χ2v) is 8.63. The summed E-state index contributed by atoms with van der Waals surface area (Å²) in [5, 5.41) is 3.05. The molecule has 0 amide bonds. The molecule has 8 heteroatoms. The van der Waals surface area contributed by atoms with Gasteiger partial charge in [-0.3, -0.25) is 9.52 Å². The average Bonchev–Trinajstić information content (AvgIpc) is 2.70. The number of anilines is 3. The maximum absolute atomic E-state index is 12.6. The summed E-state index contributed by atoms with van der Waals surface area (Å²) in [4.78, 5) is 20.6. The maximum atomic E-state index is 12.6. The fourth-order valence-corrected chi connectivity index (χ4v) is 4.19. The van der Waals surface area contributed by atoms with E-state index in [2.05, 4.69) is 20.0 Å². The van der Waals surface area contributed by atoms with Crippen LogP contribution in [0.1, 0.15) is 34.5 Å². The molecule has 4 rings (SSSR count). The fourth-order valence-electron chi connectivity index (χ4n) is 3.13. The van der Waals surface area contributed by atoms with E-state index in [0.717, 1.165) is 24.1 Å². The third-order valence-corrected chi connectivity index (χ3v) is 6.11. The summed E-state index contributed by atoms with van der Waals surface area (Å²) in [5.41, 5.74) is 3.55. The summed E-state index contributed by atoms with van der Waals surface area (Å²) in [6.45, 7) is 1.94. The van der Waals surface area contributed by atoms with Crippen LogP contribution in [0.4, 0.5) is 17.3 Å². The first-order valence-corrected chi connectivity index (χ1v) is 10.7. The number of ketones is 1. The average molecular weight is 408 g/mol. The second-order valence-electron chi connectivity index (χ2n) is 6.95. The lowest BCUT2D eigenvalue weighted by atomic mass is 9.96. The lowest BCUT2D eigenvalue weighted by Gasteiger charge is -2.14. The number of Topliss-reactive ketones (excluding diaryl/α,β-unsaturated/α-hetero) is 1. The largest absolute Gasteiger partial charge is 0.324 e. The number of rotatable bonds is 5. The number of carbonyl (C=O) groups is 1. The van der Waals surface area contributed by atoms with Gasteiger partial charge in [0.15, 0.2) is 5.78 Å². The quantitative estimate of drug-likeness (QED) is 0.665. The van der Waals surface area contributed by atoms with Gasteiger partial charge in [0.25, 0.3) is 10.0 Å². The van der Waals surface area contributed by atoms with Gasteiger partial charge < -0.3 is 5.32 Å². The lowest BCUT2D eigenvalue weighted by Crippen LogP contribution is -2.14. The van der Waals surface area contributed by atoms with Crippen molar-refractivity contribution >= 4 is 33.1 Å². The third kappa shape index (κ3) is 4.27. The van der Waals surface area contributed by atoms with Crippen molar-refractivity contribution in [1.29, 1.82) is 0 Å².